The molecule has 24 heavy (non-hydrogen) atoms. The van der Waals surface area contributed by atoms with E-state index in [0.717, 1.165) is 5.52 Å². The number of halogens is 1. The second-order valence-corrected chi connectivity index (χ2v) is 5.41. The average molecular weight is 325 g/mol. The number of nitriles is 1. The fourth-order valence-corrected chi connectivity index (χ4v) is 2.64. The second-order valence-electron chi connectivity index (χ2n) is 5.41. The molecule has 7 nitrogen and oxygen atoms in total. The highest BCUT2D eigenvalue weighted by atomic mass is 19.1. The Balaban J connectivity index is 2.21. The Hall–Kier alpha value is -3.21. The summed E-state index contributed by atoms with van der Waals surface area (Å²) in [7, 11) is 3.53. The molecule has 0 spiro atoms. The molecule has 0 aliphatic carbocycles. The first-order valence-electron chi connectivity index (χ1n) is 7.36. The monoisotopic (exact) mass is 325 g/mol. The lowest BCUT2D eigenvalue weighted by molar-refractivity contribution is 0.613. The third-order valence-corrected chi connectivity index (χ3v) is 3.96. The van der Waals surface area contributed by atoms with Gasteiger partial charge in [-0.1, -0.05) is 6.92 Å². The van der Waals surface area contributed by atoms with Gasteiger partial charge in [-0.3, -0.25) is 0 Å². The van der Waals surface area contributed by atoms with E-state index >= 15 is 0 Å². The molecule has 3 aromatic rings. The smallest absolute Gasteiger partial charge is 0.183 e. The predicted octanol–water partition coefficient (Wildman–Crippen LogP) is 2.29. The number of aryl methyl sites for hydroxylation is 2. The molecule has 0 saturated carbocycles. The normalized spacial score (nSPS) is 10.8. The number of hydrogen-bond donors (Lipinski definition) is 1. The van der Waals surface area contributed by atoms with Crippen LogP contribution in [-0.4, -0.2) is 26.6 Å². The summed E-state index contributed by atoms with van der Waals surface area (Å²) >= 11 is 0. The zero-order chi connectivity index (χ0) is 17.4. The van der Waals surface area contributed by atoms with Crippen LogP contribution in [0.15, 0.2) is 18.6 Å². The maximum absolute atomic E-state index is 14.7. The van der Waals surface area contributed by atoms with Gasteiger partial charge >= 0.3 is 0 Å². The second kappa shape index (κ2) is 5.77. The van der Waals surface area contributed by atoms with Crippen molar-refractivity contribution in [1.82, 2.24) is 19.5 Å². The van der Waals surface area contributed by atoms with E-state index in [1.807, 2.05) is 18.5 Å². The standard InChI is InChI=1S/C16H16FN7/c1-4-9-7-20-10(6-18)13(17)15(9)24(3)12-5-11-14(16(19)22-12)21-8-23(11)2/h5,7-8H,4H2,1-3H3,(H2,19,22). The van der Waals surface area contributed by atoms with Crippen LogP contribution >= 0.6 is 0 Å². The minimum Gasteiger partial charge on any atom is -0.382 e. The van der Waals surface area contributed by atoms with Gasteiger partial charge in [-0.2, -0.15) is 5.26 Å². The van der Waals surface area contributed by atoms with Gasteiger partial charge in [0.2, 0.25) is 0 Å². The Morgan fingerprint density at radius 2 is 2.17 bits per heavy atom. The van der Waals surface area contributed by atoms with E-state index in [9.17, 15) is 4.39 Å². The van der Waals surface area contributed by atoms with Gasteiger partial charge in [0, 0.05) is 26.4 Å². The third-order valence-electron chi connectivity index (χ3n) is 3.96. The molecule has 122 valence electrons. The molecule has 8 heteroatoms. The maximum Gasteiger partial charge on any atom is 0.183 e. The Labute approximate surface area is 138 Å². The Kier molecular flexibility index (Phi) is 3.77. The fourth-order valence-electron chi connectivity index (χ4n) is 2.64. The van der Waals surface area contributed by atoms with E-state index in [2.05, 4.69) is 15.0 Å². The average Bonchev–Trinajstić information content (AvgIpc) is 2.95. The van der Waals surface area contributed by atoms with E-state index < -0.39 is 5.82 Å². The summed E-state index contributed by atoms with van der Waals surface area (Å²) < 4.78 is 16.5. The van der Waals surface area contributed by atoms with Crippen molar-refractivity contribution in [2.45, 2.75) is 13.3 Å². The Morgan fingerprint density at radius 3 is 2.83 bits per heavy atom. The van der Waals surface area contributed by atoms with E-state index in [1.54, 1.807) is 30.4 Å². The zero-order valence-electron chi connectivity index (χ0n) is 13.6. The van der Waals surface area contributed by atoms with Crippen molar-refractivity contribution in [2.24, 2.45) is 7.05 Å². The number of pyridine rings is 2. The molecular formula is C16H16FN7. The molecule has 0 saturated heterocycles. The predicted molar refractivity (Wildman–Crippen MR) is 89.3 cm³/mol. The van der Waals surface area contributed by atoms with E-state index in [0.29, 0.717) is 23.3 Å². The first kappa shape index (κ1) is 15.7. The van der Waals surface area contributed by atoms with Gasteiger partial charge in [-0.15, -0.1) is 0 Å². The molecule has 0 radical (unpaired) electrons. The minimum absolute atomic E-state index is 0.247. The van der Waals surface area contributed by atoms with Crippen LogP contribution < -0.4 is 10.6 Å². The van der Waals surface area contributed by atoms with Crippen LogP contribution in [0, 0.1) is 17.1 Å². The summed E-state index contributed by atoms with van der Waals surface area (Å²) in [5.41, 5.74) is 8.07. The number of anilines is 3. The van der Waals surface area contributed by atoms with Crippen molar-refractivity contribution >= 4 is 28.4 Å². The molecule has 0 amide bonds. The number of nitrogen functional groups attached to an aromatic ring is 1. The number of aromatic nitrogens is 4. The molecule has 0 bridgehead atoms. The lowest BCUT2D eigenvalue weighted by Gasteiger charge is -2.22. The number of nitrogens with zero attached hydrogens (tertiary/aromatic N) is 6. The molecule has 3 aromatic heterocycles. The topological polar surface area (TPSA) is 96.7 Å². The highest BCUT2D eigenvalue weighted by molar-refractivity contribution is 5.88. The third kappa shape index (κ3) is 2.31. The van der Waals surface area contributed by atoms with Crippen LogP contribution in [0.1, 0.15) is 18.2 Å². The molecule has 0 aliphatic heterocycles. The summed E-state index contributed by atoms with van der Waals surface area (Å²) in [6, 6.07) is 3.55. The van der Waals surface area contributed by atoms with Crippen LogP contribution in [0.2, 0.25) is 0 Å². The highest BCUT2D eigenvalue weighted by Gasteiger charge is 2.20. The van der Waals surface area contributed by atoms with E-state index in [1.165, 1.54) is 6.20 Å². The minimum atomic E-state index is -0.662. The summed E-state index contributed by atoms with van der Waals surface area (Å²) in [4.78, 5) is 14.0. The van der Waals surface area contributed by atoms with Gasteiger partial charge < -0.3 is 15.2 Å². The van der Waals surface area contributed by atoms with Crippen LogP contribution in [0.3, 0.4) is 0 Å². The van der Waals surface area contributed by atoms with Crippen LogP contribution in [-0.2, 0) is 13.5 Å². The van der Waals surface area contributed by atoms with Gasteiger partial charge in [0.1, 0.15) is 17.4 Å². The van der Waals surface area contributed by atoms with E-state index in [4.69, 9.17) is 11.0 Å². The zero-order valence-corrected chi connectivity index (χ0v) is 13.6. The van der Waals surface area contributed by atoms with Crippen molar-refractivity contribution in [3.63, 3.8) is 0 Å². The molecule has 0 unspecified atom stereocenters. The first-order chi connectivity index (χ1) is 11.5. The summed E-state index contributed by atoms with van der Waals surface area (Å²) in [6.45, 7) is 1.89. The molecule has 0 atom stereocenters. The molecule has 3 rings (SSSR count). The summed E-state index contributed by atoms with van der Waals surface area (Å²) in [5.74, 6) is 0.0695. The molecule has 3 heterocycles. The summed E-state index contributed by atoms with van der Waals surface area (Å²) in [6.07, 6.45) is 3.73. The van der Waals surface area contributed by atoms with Crippen LogP contribution in [0.4, 0.5) is 21.7 Å². The van der Waals surface area contributed by atoms with Gasteiger partial charge in [0.15, 0.2) is 17.3 Å². The van der Waals surface area contributed by atoms with Crippen LogP contribution in [0.5, 0.6) is 0 Å². The van der Waals surface area contributed by atoms with Crippen molar-refractivity contribution in [1.29, 1.82) is 5.26 Å². The van der Waals surface area contributed by atoms with E-state index in [-0.39, 0.29) is 17.2 Å². The van der Waals surface area contributed by atoms with Crippen molar-refractivity contribution in [3.8, 4) is 6.07 Å². The van der Waals surface area contributed by atoms with Crippen LogP contribution in [0.25, 0.3) is 11.0 Å². The quantitative estimate of drug-likeness (QED) is 0.793. The number of rotatable bonds is 3. The molecule has 2 N–H and O–H groups in total. The first-order valence-corrected chi connectivity index (χ1v) is 7.36. The Morgan fingerprint density at radius 1 is 1.42 bits per heavy atom. The molecule has 0 aromatic carbocycles. The number of imidazole rings is 1. The van der Waals surface area contributed by atoms with Crippen molar-refractivity contribution in [3.05, 3.63) is 35.7 Å². The van der Waals surface area contributed by atoms with Gasteiger partial charge in [-0.25, -0.2) is 19.3 Å². The van der Waals surface area contributed by atoms with Gasteiger partial charge in [0.05, 0.1) is 17.5 Å². The van der Waals surface area contributed by atoms with Crippen molar-refractivity contribution < 1.29 is 4.39 Å². The SMILES string of the molecule is CCc1cnc(C#N)c(F)c1N(C)c1cc2c(ncn2C)c(N)n1. The lowest BCUT2D eigenvalue weighted by Crippen LogP contribution is -2.17. The lowest BCUT2D eigenvalue weighted by atomic mass is 10.1. The summed E-state index contributed by atoms with van der Waals surface area (Å²) in [5, 5.41) is 9.03. The van der Waals surface area contributed by atoms with Crippen molar-refractivity contribution in [2.75, 3.05) is 17.7 Å². The number of nitrogens with two attached hydrogens (primary N) is 1. The van der Waals surface area contributed by atoms with Gasteiger partial charge in [-0.05, 0) is 12.0 Å². The largest absolute Gasteiger partial charge is 0.382 e. The molecule has 0 aliphatic rings. The Bertz CT molecular complexity index is 971. The van der Waals surface area contributed by atoms with Gasteiger partial charge in [0.25, 0.3) is 0 Å². The maximum atomic E-state index is 14.7. The fraction of sp³-hybridized carbons (Fsp3) is 0.250. The number of fused-ring (bicyclic) bond motifs is 1. The molecule has 0 fully saturated rings. The molecular weight excluding hydrogens is 309 g/mol. The number of hydrogen-bond acceptors (Lipinski definition) is 6. The highest BCUT2D eigenvalue weighted by Crippen LogP contribution is 2.32.